The Morgan fingerprint density at radius 2 is 0.922 bits per heavy atom. The first-order chi connectivity index (χ1) is 31.2. The molecule has 0 aromatic heterocycles. The van der Waals surface area contributed by atoms with Crippen molar-refractivity contribution in [2.75, 3.05) is 13.2 Å². The predicted octanol–water partition coefficient (Wildman–Crippen LogP) is 11.0. The van der Waals surface area contributed by atoms with Crippen LogP contribution in [0.15, 0.2) is 109 Å². The summed E-state index contributed by atoms with van der Waals surface area (Å²) in [6.07, 6.45) is 48.8. The molecule has 6 unspecified atom stereocenters. The number of hydrogen-bond donors (Lipinski definition) is 4. The van der Waals surface area contributed by atoms with Crippen molar-refractivity contribution in [3.05, 3.63) is 109 Å². The van der Waals surface area contributed by atoms with Crippen molar-refractivity contribution in [2.24, 2.45) is 0 Å². The van der Waals surface area contributed by atoms with Gasteiger partial charge in [-0.15, -0.1) is 0 Å². The average molecular weight is 895 g/mol. The molecular formula is C53H82O11. The van der Waals surface area contributed by atoms with Crippen LogP contribution in [0.1, 0.15) is 155 Å². The Balaban J connectivity index is 2.37. The smallest absolute Gasteiger partial charge is 0.335 e. The number of allylic oxidation sites excluding steroid dienone is 17. The molecule has 0 radical (unpaired) electrons. The summed E-state index contributed by atoms with van der Waals surface area (Å²) in [4.78, 5) is 36.8. The molecule has 0 aromatic rings. The van der Waals surface area contributed by atoms with Crippen molar-refractivity contribution in [1.29, 1.82) is 0 Å². The standard InChI is InChI=1S/C53H82O11/c1-3-5-7-9-11-13-15-17-19-20-21-22-23-24-25-26-28-30-32-34-36-38-40-42-47(55)63-45(44-62-53-50(58)48(56)49(57)51(64-53)52(59)60)43-61-46(54)41-39-37-35-33-31-29-27-18-16-14-12-10-8-6-4-2/h5-8,11-14,17-19,21-22,27,31,33,37,39,45,48-51,53,56-58H,3-4,9-10,15-16,20,23-26,28-30,32,34-36,38,40-44H2,1-2H3,(H,59,60)/b7-5-,8-6-,13-11-,14-12-,19-17-,22-21-,27-18-,33-31-,39-37-. The van der Waals surface area contributed by atoms with Gasteiger partial charge in [-0.05, 0) is 77.0 Å². The number of hydrogen-bond acceptors (Lipinski definition) is 10. The maximum Gasteiger partial charge on any atom is 0.335 e. The van der Waals surface area contributed by atoms with E-state index < -0.39 is 61.3 Å². The van der Waals surface area contributed by atoms with Gasteiger partial charge in [-0.25, -0.2) is 4.79 Å². The first-order valence-corrected chi connectivity index (χ1v) is 23.9. The van der Waals surface area contributed by atoms with E-state index in [9.17, 15) is 34.8 Å². The second-order valence-electron chi connectivity index (χ2n) is 15.9. The third kappa shape index (κ3) is 32.5. The molecule has 1 fully saturated rings. The molecule has 1 saturated heterocycles. The fraction of sp³-hybridized carbons (Fsp3) is 0.604. The lowest BCUT2D eigenvalue weighted by Crippen LogP contribution is -2.60. The highest BCUT2D eigenvalue weighted by atomic mass is 16.7. The molecule has 360 valence electrons. The lowest BCUT2D eigenvalue weighted by Gasteiger charge is -2.38. The molecule has 0 spiro atoms. The van der Waals surface area contributed by atoms with Gasteiger partial charge in [-0.2, -0.15) is 0 Å². The Kier molecular flexibility index (Phi) is 37.6. The molecule has 1 heterocycles. The number of carboxylic acid groups (broad SMARTS) is 1. The molecule has 6 atom stereocenters. The van der Waals surface area contributed by atoms with Gasteiger partial charge in [0.25, 0.3) is 0 Å². The monoisotopic (exact) mass is 895 g/mol. The molecule has 64 heavy (non-hydrogen) atoms. The number of ether oxygens (including phenoxy) is 4. The van der Waals surface area contributed by atoms with Crippen LogP contribution in [0, 0.1) is 0 Å². The van der Waals surface area contributed by atoms with Crippen molar-refractivity contribution >= 4 is 17.9 Å². The van der Waals surface area contributed by atoms with Gasteiger partial charge < -0.3 is 39.4 Å². The summed E-state index contributed by atoms with van der Waals surface area (Å²) in [6, 6.07) is 0. The zero-order valence-corrected chi connectivity index (χ0v) is 39.0. The third-order valence-corrected chi connectivity index (χ3v) is 10.2. The molecule has 0 aliphatic carbocycles. The molecular weight excluding hydrogens is 813 g/mol. The van der Waals surface area contributed by atoms with E-state index in [4.69, 9.17) is 18.9 Å². The van der Waals surface area contributed by atoms with Gasteiger partial charge >= 0.3 is 17.9 Å². The largest absolute Gasteiger partial charge is 0.479 e. The quantitative estimate of drug-likeness (QED) is 0.0264. The van der Waals surface area contributed by atoms with Gasteiger partial charge in [0.15, 0.2) is 18.5 Å². The minimum atomic E-state index is -1.88. The number of carbonyl (C=O) groups is 3. The number of esters is 2. The predicted molar refractivity (Wildman–Crippen MR) is 256 cm³/mol. The Morgan fingerprint density at radius 3 is 1.39 bits per heavy atom. The van der Waals surface area contributed by atoms with Crippen LogP contribution in [0.2, 0.25) is 0 Å². The summed E-state index contributed by atoms with van der Waals surface area (Å²) in [6.45, 7) is 3.48. The van der Waals surface area contributed by atoms with Gasteiger partial charge in [0.05, 0.1) is 13.0 Å². The number of carboxylic acids is 1. The summed E-state index contributed by atoms with van der Waals surface area (Å²) in [5, 5.41) is 39.9. The topological polar surface area (TPSA) is 169 Å². The van der Waals surface area contributed by atoms with Crippen LogP contribution in [0.25, 0.3) is 0 Å². The summed E-state index contributed by atoms with van der Waals surface area (Å²) in [7, 11) is 0. The fourth-order valence-electron chi connectivity index (χ4n) is 6.47. The van der Waals surface area contributed by atoms with Crippen LogP contribution in [0.5, 0.6) is 0 Å². The number of aliphatic carboxylic acids is 1. The average Bonchev–Trinajstić information content (AvgIpc) is 3.28. The SMILES string of the molecule is CC/C=C\C/C=C\C/C=C\C/C=C\C/C=C\CC(=O)OCC(COC1OC(C(=O)O)C(O)C(O)C1O)OC(=O)CCCCCCCCCCCC/C=C\C/C=C\C/C=C\C/C=C\CC. The lowest BCUT2D eigenvalue weighted by atomic mass is 9.99. The van der Waals surface area contributed by atoms with Gasteiger partial charge in [0.2, 0.25) is 0 Å². The van der Waals surface area contributed by atoms with Crippen molar-refractivity contribution in [3.8, 4) is 0 Å². The normalized spacial score (nSPS) is 20.3. The van der Waals surface area contributed by atoms with E-state index in [-0.39, 0.29) is 19.4 Å². The maximum atomic E-state index is 12.8. The second-order valence-corrected chi connectivity index (χ2v) is 15.9. The Bertz CT molecular complexity index is 1470. The zero-order chi connectivity index (χ0) is 46.7. The van der Waals surface area contributed by atoms with Crippen molar-refractivity contribution in [3.63, 3.8) is 0 Å². The summed E-state index contributed by atoms with van der Waals surface area (Å²) >= 11 is 0. The fourth-order valence-corrected chi connectivity index (χ4v) is 6.47. The Labute approximate surface area is 385 Å². The van der Waals surface area contributed by atoms with Gasteiger partial charge in [0.1, 0.15) is 24.9 Å². The lowest BCUT2D eigenvalue weighted by molar-refractivity contribution is -0.298. The molecule has 1 aliphatic heterocycles. The van der Waals surface area contributed by atoms with Crippen molar-refractivity contribution in [2.45, 2.75) is 192 Å². The summed E-state index contributed by atoms with van der Waals surface area (Å²) in [5.74, 6) is -2.62. The van der Waals surface area contributed by atoms with Crippen molar-refractivity contribution < 1.29 is 53.8 Å². The second kappa shape index (κ2) is 41.6. The van der Waals surface area contributed by atoms with E-state index in [0.717, 1.165) is 83.5 Å². The molecule has 0 bridgehead atoms. The van der Waals surface area contributed by atoms with Gasteiger partial charge in [0, 0.05) is 6.42 Å². The number of aliphatic hydroxyl groups excluding tert-OH is 3. The Morgan fingerprint density at radius 1 is 0.500 bits per heavy atom. The van der Waals surface area contributed by atoms with Crippen LogP contribution < -0.4 is 0 Å². The van der Waals surface area contributed by atoms with Crippen LogP contribution in [0.4, 0.5) is 0 Å². The van der Waals surface area contributed by atoms with Gasteiger partial charge in [-0.1, -0.05) is 175 Å². The highest BCUT2D eigenvalue weighted by molar-refractivity contribution is 5.73. The molecule has 1 aliphatic rings. The molecule has 0 aromatic carbocycles. The van der Waals surface area contributed by atoms with E-state index in [1.807, 2.05) is 12.2 Å². The third-order valence-electron chi connectivity index (χ3n) is 10.2. The minimum absolute atomic E-state index is 0.00342. The number of aliphatic hydroxyl groups is 3. The molecule has 4 N–H and O–H groups in total. The molecule has 1 rings (SSSR count). The molecule has 11 heteroatoms. The highest BCUT2D eigenvalue weighted by Crippen LogP contribution is 2.23. The molecule has 0 amide bonds. The molecule has 0 saturated carbocycles. The first-order valence-electron chi connectivity index (χ1n) is 23.9. The molecule has 11 nitrogen and oxygen atoms in total. The Hall–Kier alpha value is -4.13. The summed E-state index contributed by atoms with van der Waals surface area (Å²) < 4.78 is 21.6. The maximum absolute atomic E-state index is 12.8. The number of carbonyl (C=O) groups excluding carboxylic acids is 2. The van der Waals surface area contributed by atoms with E-state index in [2.05, 4.69) is 105 Å². The van der Waals surface area contributed by atoms with Crippen molar-refractivity contribution in [1.82, 2.24) is 0 Å². The van der Waals surface area contributed by atoms with Gasteiger partial charge in [-0.3, -0.25) is 9.59 Å². The van der Waals surface area contributed by atoms with Crippen LogP contribution >= 0.6 is 0 Å². The highest BCUT2D eigenvalue weighted by Gasteiger charge is 2.47. The van der Waals surface area contributed by atoms with E-state index >= 15 is 0 Å². The van der Waals surface area contributed by atoms with Crippen LogP contribution in [-0.4, -0.2) is 88.4 Å². The van der Waals surface area contributed by atoms with Crippen LogP contribution in [0.3, 0.4) is 0 Å². The minimum Gasteiger partial charge on any atom is -0.479 e. The first kappa shape index (κ1) is 57.9. The number of unbranched alkanes of at least 4 members (excludes halogenated alkanes) is 10. The van der Waals surface area contributed by atoms with E-state index in [0.29, 0.717) is 12.8 Å². The zero-order valence-electron chi connectivity index (χ0n) is 39.0. The van der Waals surface area contributed by atoms with Crippen LogP contribution in [-0.2, 0) is 33.3 Å². The van der Waals surface area contributed by atoms with E-state index in [1.54, 1.807) is 6.08 Å². The summed E-state index contributed by atoms with van der Waals surface area (Å²) in [5.41, 5.74) is 0. The number of rotatable bonds is 38. The van der Waals surface area contributed by atoms with E-state index in [1.165, 1.54) is 32.1 Å².